The summed E-state index contributed by atoms with van der Waals surface area (Å²) >= 11 is 0. The van der Waals surface area contributed by atoms with E-state index in [0.29, 0.717) is 77.9 Å². The molecule has 3 N–H and O–H groups in total. The molecule has 1 aromatic carbocycles. The molecule has 1 aliphatic carbocycles. The number of nitrogens with zero attached hydrogens (tertiary/aromatic N) is 3. The van der Waals surface area contributed by atoms with Gasteiger partial charge in [-0.1, -0.05) is 19.3 Å². The van der Waals surface area contributed by atoms with Crippen molar-refractivity contribution in [2.24, 2.45) is 5.92 Å². The molecule has 1 aromatic heterocycles. The van der Waals surface area contributed by atoms with Crippen LogP contribution in [0, 0.1) is 12.8 Å². The molecular weight excluding hydrogens is 590 g/mol. The summed E-state index contributed by atoms with van der Waals surface area (Å²) in [6.07, 6.45) is 5.21. The highest BCUT2D eigenvalue weighted by Gasteiger charge is 2.36. The van der Waals surface area contributed by atoms with Crippen molar-refractivity contribution in [1.29, 1.82) is 0 Å². The SMILES string of the molecule is CN[C@@H](C)C(=O)N[C@H](C(=O)N1CCN(C(=O)c2ccc3c(c2)cc(C)n3CCOCCOCCOCCO)CC1)C1CCCCC1. The van der Waals surface area contributed by atoms with E-state index in [0.717, 1.165) is 42.3 Å². The number of benzene rings is 1. The fourth-order valence-corrected chi connectivity index (χ4v) is 6.37. The average Bonchev–Trinajstić information content (AvgIpc) is 3.40. The molecule has 12 nitrogen and oxygen atoms in total. The van der Waals surface area contributed by atoms with Crippen LogP contribution in [0.2, 0.25) is 0 Å². The lowest BCUT2D eigenvalue weighted by molar-refractivity contribution is -0.140. The van der Waals surface area contributed by atoms with Crippen LogP contribution in [0.25, 0.3) is 10.9 Å². The molecule has 2 aromatic rings. The molecule has 2 atom stereocenters. The van der Waals surface area contributed by atoms with Crippen LogP contribution in [0.4, 0.5) is 0 Å². The van der Waals surface area contributed by atoms with Crippen LogP contribution in [0.3, 0.4) is 0 Å². The first-order chi connectivity index (χ1) is 22.3. The molecule has 0 spiro atoms. The van der Waals surface area contributed by atoms with Crippen molar-refractivity contribution < 1.29 is 33.7 Å². The van der Waals surface area contributed by atoms with E-state index < -0.39 is 6.04 Å². The second-order valence-electron chi connectivity index (χ2n) is 12.3. The Morgan fingerprint density at radius 2 is 1.52 bits per heavy atom. The smallest absolute Gasteiger partial charge is 0.253 e. The third kappa shape index (κ3) is 9.74. The molecule has 12 heteroatoms. The molecule has 0 bridgehead atoms. The molecule has 1 saturated carbocycles. The molecule has 3 amide bonds. The number of carbonyl (C=O) groups is 3. The maximum atomic E-state index is 13.7. The Bertz CT molecular complexity index is 1270. The van der Waals surface area contributed by atoms with E-state index in [9.17, 15) is 14.4 Å². The number of aliphatic hydroxyl groups is 1. The summed E-state index contributed by atoms with van der Waals surface area (Å²) in [5.41, 5.74) is 2.78. The van der Waals surface area contributed by atoms with Crippen LogP contribution >= 0.6 is 0 Å². The van der Waals surface area contributed by atoms with E-state index in [2.05, 4.69) is 28.2 Å². The Kier molecular flexibility index (Phi) is 14.3. The summed E-state index contributed by atoms with van der Waals surface area (Å²) in [6.45, 7) is 9.11. The summed E-state index contributed by atoms with van der Waals surface area (Å²) in [6, 6.07) is 7.01. The van der Waals surface area contributed by atoms with Crippen molar-refractivity contribution in [2.45, 2.75) is 64.6 Å². The van der Waals surface area contributed by atoms with E-state index >= 15 is 0 Å². The van der Waals surface area contributed by atoms with Crippen molar-refractivity contribution in [3.63, 3.8) is 0 Å². The number of piperazine rings is 1. The first kappa shape index (κ1) is 35.8. The molecule has 2 heterocycles. The van der Waals surface area contributed by atoms with Crippen molar-refractivity contribution in [3.05, 3.63) is 35.5 Å². The van der Waals surface area contributed by atoms with Gasteiger partial charge >= 0.3 is 0 Å². The summed E-state index contributed by atoms with van der Waals surface area (Å²) in [5.74, 6) is -0.0840. The number of likely N-dealkylation sites (N-methyl/N-ethyl adjacent to an activating group) is 1. The average molecular weight is 644 g/mol. The van der Waals surface area contributed by atoms with Gasteiger partial charge in [-0.3, -0.25) is 14.4 Å². The molecule has 0 radical (unpaired) electrons. The van der Waals surface area contributed by atoms with Gasteiger partial charge in [-0.15, -0.1) is 0 Å². The van der Waals surface area contributed by atoms with Gasteiger partial charge in [0.1, 0.15) is 6.04 Å². The normalized spacial score (nSPS) is 17.3. The number of hydrogen-bond donors (Lipinski definition) is 3. The third-order valence-electron chi connectivity index (χ3n) is 9.18. The number of nitrogens with one attached hydrogen (secondary N) is 2. The highest BCUT2D eigenvalue weighted by molar-refractivity contribution is 5.98. The number of amides is 3. The van der Waals surface area contributed by atoms with Gasteiger partial charge in [-0.25, -0.2) is 0 Å². The quantitative estimate of drug-likeness (QED) is 0.223. The Hall–Kier alpha value is -3.03. The van der Waals surface area contributed by atoms with Gasteiger partial charge in [0.15, 0.2) is 0 Å². The van der Waals surface area contributed by atoms with E-state index in [4.69, 9.17) is 19.3 Å². The Labute approximate surface area is 272 Å². The lowest BCUT2D eigenvalue weighted by Gasteiger charge is -2.39. The van der Waals surface area contributed by atoms with Gasteiger partial charge in [0.05, 0.1) is 52.3 Å². The predicted octanol–water partition coefficient (Wildman–Crippen LogP) is 1.95. The van der Waals surface area contributed by atoms with Crippen molar-refractivity contribution in [2.75, 3.05) is 79.5 Å². The Morgan fingerprint density at radius 3 is 2.17 bits per heavy atom. The number of ether oxygens (including phenoxy) is 3. The van der Waals surface area contributed by atoms with Crippen LogP contribution in [0.5, 0.6) is 0 Å². The maximum absolute atomic E-state index is 13.7. The topological polar surface area (TPSA) is 135 Å². The van der Waals surface area contributed by atoms with Crippen LogP contribution < -0.4 is 10.6 Å². The highest BCUT2D eigenvalue weighted by atomic mass is 16.5. The zero-order valence-corrected chi connectivity index (χ0v) is 27.8. The van der Waals surface area contributed by atoms with Crippen molar-refractivity contribution in [3.8, 4) is 0 Å². The van der Waals surface area contributed by atoms with Crippen molar-refractivity contribution in [1.82, 2.24) is 25.0 Å². The summed E-state index contributed by atoms with van der Waals surface area (Å²) in [7, 11) is 1.74. The van der Waals surface area contributed by atoms with Crippen molar-refractivity contribution >= 4 is 28.6 Å². The van der Waals surface area contributed by atoms with Gasteiger partial charge in [0.2, 0.25) is 11.8 Å². The van der Waals surface area contributed by atoms with Crippen LogP contribution in [0.15, 0.2) is 24.3 Å². The first-order valence-corrected chi connectivity index (χ1v) is 16.8. The standard InChI is InChI=1S/C34H53N5O7/c1-25-23-29-24-28(9-10-30(29)39(25)15-17-44-19-21-46-22-20-45-18-16-40)33(42)37-11-13-38(14-12-37)34(43)31(27-7-5-4-6-8-27)36-32(41)26(2)35-3/h9-10,23-24,26-27,31,35,40H,4-8,11-22H2,1-3H3,(H,36,41)/t26-,31-/m0/s1. The van der Waals surface area contributed by atoms with Gasteiger partial charge in [0.25, 0.3) is 5.91 Å². The first-order valence-electron chi connectivity index (χ1n) is 16.8. The number of rotatable bonds is 17. The zero-order chi connectivity index (χ0) is 32.9. The molecule has 2 fully saturated rings. The van der Waals surface area contributed by atoms with E-state index in [1.165, 1.54) is 6.42 Å². The molecule has 1 aliphatic heterocycles. The molecule has 2 aliphatic rings. The van der Waals surface area contributed by atoms with E-state index in [-0.39, 0.29) is 36.3 Å². The third-order valence-corrected chi connectivity index (χ3v) is 9.18. The minimum Gasteiger partial charge on any atom is -0.394 e. The van der Waals surface area contributed by atoms with Crippen LogP contribution in [-0.4, -0.2) is 129 Å². The predicted molar refractivity (Wildman–Crippen MR) is 176 cm³/mol. The van der Waals surface area contributed by atoms with Gasteiger partial charge in [-0.2, -0.15) is 0 Å². The minimum absolute atomic E-state index is 0.0105. The summed E-state index contributed by atoms with van der Waals surface area (Å²) in [4.78, 5) is 43.6. The number of aromatic nitrogens is 1. The molecule has 256 valence electrons. The van der Waals surface area contributed by atoms with E-state index in [1.54, 1.807) is 14.0 Å². The molecule has 1 saturated heterocycles. The molecular formula is C34H53N5O7. The summed E-state index contributed by atoms with van der Waals surface area (Å²) < 4.78 is 18.6. The van der Waals surface area contributed by atoms with E-state index in [1.807, 2.05) is 28.0 Å². The monoisotopic (exact) mass is 643 g/mol. The molecule has 46 heavy (non-hydrogen) atoms. The maximum Gasteiger partial charge on any atom is 0.253 e. The highest BCUT2D eigenvalue weighted by Crippen LogP contribution is 2.28. The second-order valence-corrected chi connectivity index (χ2v) is 12.3. The zero-order valence-electron chi connectivity index (χ0n) is 27.8. The number of hydrogen-bond acceptors (Lipinski definition) is 8. The second kappa shape index (κ2) is 18.3. The fraction of sp³-hybridized carbons (Fsp3) is 0.676. The minimum atomic E-state index is -0.526. The van der Waals surface area contributed by atoms with Crippen LogP contribution in [0.1, 0.15) is 55.1 Å². The lowest BCUT2D eigenvalue weighted by Crippen LogP contribution is -2.59. The van der Waals surface area contributed by atoms with Gasteiger partial charge < -0.3 is 44.3 Å². The lowest BCUT2D eigenvalue weighted by atomic mass is 9.83. The van der Waals surface area contributed by atoms with Gasteiger partial charge in [0, 0.05) is 54.9 Å². The number of carbonyl (C=O) groups excluding carboxylic acids is 3. The largest absolute Gasteiger partial charge is 0.394 e. The number of aliphatic hydroxyl groups excluding tert-OH is 1. The van der Waals surface area contributed by atoms with Gasteiger partial charge in [-0.05, 0) is 63.9 Å². The Balaban J connectivity index is 1.28. The molecule has 0 unspecified atom stereocenters. The van der Waals surface area contributed by atoms with Crippen LogP contribution in [-0.2, 0) is 30.3 Å². The molecule has 4 rings (SSSR count). The fourth-order valence-electron chi connectivity index (χ4n) is 6.37. The number of aryl methyl sites for hydroxylation is 1. The Morgan fingerprint density at radius 1 is 0.891 bits per heavy atom. The summed E-state index contributed by atoms with van der Waals surface area (Å²) in [5, 5.41) is 15.7. The number of fused-ring (bicyclic) bond motifs is 1.